The third-order valence-corrected chi connectivity index (χ3v) is 4.12. The molecule has 20 heavy (non-hydrogen) atoms. The van der Waals surface area contributed by atoms with Crippen LogP contribution in [0.1, 0.15) is 19.8 Å². The highest BCUT2D eigenvalue weighted by atomic mass is 16.2. The van der Waals surface area contributed by atoms with Crippen LogP contribution in [-0.2, 0) is 9.59 Å². The number of piperidine rings is 1. The first kappa shape index (κ1) is 15.0. The molecule has 0 aromatic rings. The van der Waals surface area contributed by atoms with Crippen LogP contribution in [-0.4, -0.2) is 62.5 Å². The van der Waals surface area contributed by atoms with Crippen molar-refractivity contribution < 1.29 is 9.59 Å². The van der Waals surface area contributed by atoms with E-state index in [1.54, 1.807) is 7.05 Å². The van der Waals surface area contributed by atoms with E-state index in [-0.39, 0.29) is 17.9 Å². The van der Waals surface area contributed by atoms with Gasteiger partial charge in [-0.25, -0.2) is 0 Å². The average molecular weight is 280 g/mol. The Bertz CT molecular complexity index is 405. The van der Waals surface area contributed by atoms with Gasteiger partial charge in [-0.3, -0.25) is 14.5 Å². The summed E-state index contributed by atoms with van der Waals surface area (Å²) in [5.41, 5.74) is 2.07. The molecule has 6 nitrogen and oxygen atoms in total. The summed E-state index contributed by atoms with van der Waals surface area (Å²) in [7, 11) is 1.65. The topological polar surface area (TPSA) is 73.5 Å². The molecule has 0 bridgehead atoms. The molecule has 2 aliphatic rings. The molecule has 0 radical (unpaired) electrons. The first-order chi connectivity index (χ1) is 9.60. The maximum Gasteiger partial charge on any atom is 0.247 e. The zero-order valence-electron chi connectivity index (χ0n) is 12.3. The monoisotopic (exact) mass is 280 g/mol. The van der Waals surface area contributed by atoms with Crippen molar-refractivity contribution >= 4 is 11.8 Å². The molecule has 2 heterocycles. The minimum Gasteiger partial charge on any atom is -0.358 e. The van der Waals surface area contributed by atoms with Gasteiger partial charge in [0, 0.05) is 44.8 Å². The lowest BCUT2D eigenvalue weighted by Gasteiger charge is -2.32. The van der Waals surface area contributed by atoms with Crippen molar-refractivity contribution in [1.82, 2.24) is 20.9 Å². The van der Waals surface area contributed by atoms with E-state index in [0.717, 1.165) is 44.6 Å². The summed E-state index contributed by atoms with van der Waals surface area (Å²) in [6, 6.07) is 0.229. The molecule has 6 heteroatoms. The number of nitrogens with zero attached hydrogens (tertiary/aromatic N) is 1. The number of nitrogens with one attached hydrogen (secondary N) is 3. The van der Waals surface area contributed by atoms with Gasteiger partial charge in [0.15, 0.2) is 0 Å². The van der Waals surface area contributed by atoms with Crippen LogP contribution in [0.5, 0.6) is 0 Å². The Morgan fingerprint density at radius 1 is 1.30 bits per heavy atom. The third-order valence-electron chi connectivity index (χ3n) is 4.12. The van der Waals surface area contributed by atoms with Crippen LogP contribution in [0.3, 0.4) is 0 Å². The Kier molecular flexibility index (Phi) is 5.14. The predicted molar refractivity (Wildman–Crippen MR) is 77.2 cm³/mol. The van der Waals surface area contributed by atoms with Crippen LogP contribution < -0.4 is 16.0 Å². The molecule has 0 saturated carbocycles. The predicted octanol–water partition coefficient (Wildman–Crippen LogP) is -0.767. The second-order valence-electron chi connectivity index (χ2n) is 5.53. The maximum absolute atomic E-state index is 12.1. The van der Waals surface area contributed by atoms with Gasteiger partial charge in [-0.2, -0.15) is 0 Å². The number of rotatable bonds is 4. The second kappa shape index (κ2) is 6.85. The van der Waals surface area contributed by atoms with E-state index in [4.69, 9.17) is 0 Å². The Morgan fingerprint density at radius 2 is 1.95 bits per heavy atom. The number of hydrogen-bond acceptors (Lipinski definition) is 4. The van der Waals surface area contributed by atoms with Gasteiger partial charge in [-0.15, -0.1) is 0 Å². The van der Waals surface area contributed by atoms with Crippen LogP contribution in [0.4, 0.5) is 0 Å². The molecular formula is C14H24N4O2. The van der Waals surface area contributed by atoms with Gasteiger partial charge in [0.25, 0.3) is 0 Å². The zero-order valence-corrected chi connectivity index (χ0v) is 12.3. The minimum absolute atomic E-state index is 0.0468. The molecule has 0 spiro atoms. The first-order valence-corrected chi connectivity index (χ1v) is 7.23. The number of carbonyl (C=O) groups excluding carboxylic acids is 2. The van der Waals surface area contributed by atoms with Gasteiger partial charge < -0.3 is 16.0 Å². The molecule has 2 fully saturated rings. The fourth-order valence-corrected chi connectivity index (χ4v) is 2.49. The Morgan fingerprint density at radius 3 is 2.45 bits per heavy atom. The molecule has 0 aromatic heterocycles. The van der Waals surface area contributed by atoms with Crippen molar-refractivity contribution in [2.45, 2.75) is 25.8 Å². The Hall–Kier alpha value is -1.40. The third kappa shape index (κ3) is 3.80. The molecule has 3 N–H and O–H groups in total. The minimum atomic E-state index is 0.0468. The molecule has 2 rings (SSSR count). The van der Waals surface area contributed by atoms with E-state index in [0.29, 0.717) is 6.54 Å². The summed E-state index contributed by atoms with van der Waals surface area (Å²) in [6.07, 6.45) is 1.81. The van der Waals surface area contributed by atoms with Crippen molar-refractivity contribution in [3.05, 3.63) is 11.1 Å². The summed E-state index contributed by atoms with van der Waals surface area (Å²) >= 11 is 0. The fourth-order valence-electron chi connectivity index (χ4n) is 2.49. The highest BCUT2D eigenvalue weighted by molar-refractivity contribution is 5.94. The standard InChI is InChI=1S/C14H24N4O2/c1-10(11-7-16-8-11)14(20)17-12-3-5-18(6-4-12)9-13(19)15-2/h12,16H,3-9H2,1-2H3,(H,15,19)(H,17,20). The van der Waals surface area contributed by atoms with Gasteiger partial charge in [0.2, 0.25) is 11.8 Å². The summed E-state index contributed by atoms with van der Waals surface area (Å²) in [4.78, 5) is 25.5. The summed E-state index contributed by atoms with van der Waals surface area (Å²) in [5.74, 6) is 0.108. The molecular weight excluding hydrogens is 256 g/mol. The van der Waals surface area contributed by atoms with Crippen LogP contribution >= 0.6 is 0 Å². The van der Waals surface area contributed by atoms with E-state index in [1.165, 1.54) is 5.57 Å². The lowest BCUT2D eigenvalue weighted by atomic mass is 10.0. The van der Waals surface area contributed by atoms with Crippen molar-refractivity contribution in [3.8, 4) is 0 Å². The van der Waals surface area contributed by atoms with Gasteiger partial charge >= 0.3 is 0 Å². The smallest absolute Gasteiger partial charge is 0.247 e. The van der Waals surface area contributed by atoms with E-state index in [2.05, 4.69) is 20.9 Å². The highest BCUT2D eigenvalue weighted by Crippen LogP contribution is 2.13. The normalized spacial score (nSPS) is 20.2. The summed E-state index contributed by atoms with van der Waals surface area (Å²) in [5, 5.41) is 8.89. The molecule has 2 saturated heterocycles. The molecule has 112 valence electrons. The Balaban J connectivity index is 1.74. The molecule has 2 aliphatic heterocycles. The molecule has 0 unspecified atom stereocenters. The van der Waals surface area contributed by atoms with Crippen LogP contribution in [0.15, 0.2) is 11.1 Å². The second-order valence-corrected chi connectivity index (χ2v) is 5.53. The molecule has 2 amide bonds. The number of likely N-dealkylation sites (N-methyl/N-ethyl adjacent to an activating group) is 1. The van der Waals surface area contributed by atoms with Crippen molar-refractivity contribution in [2.75, 3.05) is 39.8 Å². The van der Waals surface area contributed by atoms with Crippen molar-refractivity contribution in [1.29, 1.82) is 0 Å². The van der Waals surface area contributed by atoms with Crippen molar-refractivity contribution in [2.24, 2.45) is 0 Å². The lowest BCUT2D eigenvalue weighted by Crippen LogP contribution is -2.47. The van der Waals surface area contributed by atoms with Gasteiger partial charge in [0.1, 0.15) is 0 Å². The van der Waals surface area contributed by atoms with E-state index in [9.17, 15) is 9.59 Å². The molecule has 0 aromatic carbocycles. The lowest BCUT2D eigenvalue weighted by molar-refractivity contribution is -0.122. The largest absolute Gasteiger partial charge is 0.358 e. The molecule has 0 aliphatic carbocycles. The number of carbonyl (C=O) groups is 2. The van der Waals surface area contributed by atoms with Crippen LogP contribution in [0, 0.1) is 0 Å². The quantitative estimate of drug-likeness (QED) is 0.592. The zero-order chi connectivity index (χ0) is 14.5. The van der Waals surface area contributed by atoms with Gasteiger partial charge in [-0.1, -0.05) is 0 Å². The van der Waals surface area contributed by atoms with E-state index >= 15 is 0 Å². The molecule has 0 atom stereocenters. The maximum atomic E-state index is 12.1. The number of amides is 2. The number of hydrogen-bond donors (Lipinski definition) is 3. The van der Waals surface area contributed by atoms with Gasteiger partial charge in [-0.05, 0) is 25.3 Å². The first-order valence-electron chi connectivity index (χ1n) is 7.23. The highest BCUT2D eigenvalue weighted by Gasteiger charge is 2.23. The van der Waals surface area contributed by atoms with Gasteiger partial charge in [0.05, 0.1) is 6.54 Å². The van der Waals surface area contributed by atoms with E-state index < -0.39 is 0 Å². The summed E-state index contributed by atoms with van der Waals surface area (Å²) in [6.45, 7) is 5.73. The van der Waals surface area contributed by atoms with Crippen molar-refractivity contribution in [3.63, 3.8) is 0 Å². The van der Waals surface area contributed by atoms with Crippen LogP contribution in [0.2, 0.25) is 0 Å². The van der Waals surface area contributed by atoms with E-state index in [1.807, 2.05) is 6.92 Å². The SMILES string of the molecule is CNC(=O)CN1CCC(NC(=O)C(C)=C2CNC2)CC1. The summed E-state index contributed by atoms with van der Waals surface area (Å²) < 4.78 is 0. The van der Waals surface area contributed by atoms with Crippen LogP contribution in [0.25, 0.3) is 0 Å². The average Bonchev–Trinajstić information content (AvgIpc) is 2.38. The Labute approximate surface area is 120 Å². The number of likely N-dealkylation sites (tertiary alicyclic amines) is 1. The fraction of sp³-hybridized carbons (Fsp3) is 0.714.